The van der Waals surface area contributed by atoms with E-state index in [0.29, 0.717) is 0 Å². The summed E-state index contributed by atoms with van der Waals surface area (Å²) in [6.07, 6.45) is 3.27. The molecule has 44 valence electrons. The minimum atomic E-state index is -0.842. The molecule has 0 aliphatic heterocycles. The van der Waals surface area contributed by atoms with Gasteiger partial charge in [0.1, 0.15) is 4.21 Å². The van der Waals surface area contributed by atoms with Gasteiger partial charge in [0.15, 0.2) is 0 Å². The number of nitrogens with zero attached hydrogens (tertiary/aromatic N) is 1. The van der Waals surface area contributed by atoms with Crippen molar-refractivity contribution >= 4 is 22.1 Å². The van der Waals surface area contributed by atoms with Gasteiger partial charge in [0, 0.05) is 6.26 Å². The third-order valence-electron chi connectivity index (χ3n) is 0.693. The molecule has 4 heteroatoms. The minimum absolute atomic E-state index is 0.838. The molecule has 2 nitrogen and oxygen atoms in total. The van der Waals surface area contributed by atoms with E-state index in [1.165, 1.54) is 11.3 Å². The Balaban J connectivity index is 2.93. The van der Waals surface area contributed by atoms with Gasteiger partial charge in [-0.3, -0.25) is 9.19 Å². The summed E-state index contributed by atoms with van der Waals surface area (Å²) in [5.41, 5.74) is 1.68. The highest BCUT2D eigenvalue weighted by Crippen LogP contribution is 2.08. The lowest BCUT2D eigenvalue weighted by atomic mass is 11.0. The normalized spacial score (nSPS) is 13.6. The molecule has 1 heterocycles. The van der Waals surface area contributed by atoms with E-state index in [0.717, 1.165) is 4.21 Å². The van der Waals surface area contributed by atoms with Crippen LogP contribution in [0.4, 0.5) is 0 Å². The first-order chi connectivity index (χ1) is 3.80. The first-order valence-corrected chi connectivity index (χ1v) is 4.46. The highest BCUT2D eigenvalue weighted by Gasteiger charge is 1.94. The van der Waals surface area contributed by atoms with Gasteiger partial charge in [-0.15, -0.1) is 11.3 Å². The number of aromatic nitrogens is 1. The number of hydrogen-bond donors (Lipinski definition) is 0. The fourth-order valence-electron chi connectivity index (χ4n) is 0.346. The van der Waals surface area contributed by atoms with Crippen LogP contribution in [0.1, 0.15) is 0 Å². The van der Waals surface area contributed by atoms with Gasteiger partial charge in [-0.2, -0.15) is 0 Å². The molecule has 0 amide bonds. The van der Waals surface area contributed by atoms with E-state index in [-0.39, 0.29) is 0 Å². The summed E-state index contributed by atoms with van der Waals surface area (Å²) in [6, 6.07) is 0. The Morgan fingerprint density at radius 3 is 2.88 bits per heavy atom. The predicted octanol–water partition coefficient (Wildman–Crippen LogP) is 0.881. The Morgan fingerprint density at radius 2 is 2.62 bits per heavy atom. The molecule has 0 saturated carbocycles. The first kappa shape index (κ1) is 5.91. The van der Waals surface area contributed by atoms with E-state index in [2.05, 4.69) is 4.98 Å². The lowest BCUT2D eigenvalue weighted by Gasteiger charge is -1.80. The zero-order valence-electron chi connectivity index (χ0n) is 4.33. The van der Waals surface area contributed by atoms with Gasteiger partial charge in [-0.25, -0.2) is 0 Å². The van der Waals surface area contributed by atoms with Gasteiger partial charge in [-0.1, -0.05) is 0 Å². The Morgan fingerprint density at radius 1 is 1.88 bits per heavy atom. The van der Waals surface area contributed by atoms with Crippen molar-refractivity contribution in [2.75, 3.05) is 6.26 Å². The summed E-state index contributed by atoms with van der Waals surface area (Å²) in [5, 5.41) is 0. The molecule has 0 bridgehead atoms. The number of hydrogen-bond acceptors (Lipinski definition) is 3. The quantitative estimate of drug-likeness (QED) is 0.590. The van der Waals surface area contributed by atoms with Crippen molar-refractivity contribution in [1.82, 2.24) is 4.98 Å². The lowest BCUT2D eigenvalue weighted by Crippen LogP contribution is -1.78. The smallest absolute Gasteiger partial charge is 0.111 e. The largest absolute Gasteiger partial charge is 0.254 e. The van der Waals surface area contributed by atoms with Gasteiger partial charge in [0.2, 0.25) is 0 Å². The summed E-state index contributed by atoms with van der Waals surface area (Å²) >= 11 is 1.42. The van der Waals surface area contributed by atoms with Crippen molar-refractivity contribution in [3.63, 3.8) is 0 Å². The van der Waals surface area contributed by atoms with Gasteiger partial charge in [-0.05, 0) is 0 Å². The average Bonchev–Trinajstić information content (AvgIpc) is 2.12. The summed E-state index contributed by atoms with van der Waals surface area (Å²) in [6.45, 7) is 0. The summed E-state index contributed by atoms with van der Waals surface area (Å²) in [7, 11) is -0.842. The molecular formula is C4H5NOS2. The molecule has 0 spiro atoms. The predicted molar refractivity (Wildman–Crippen MR) is 34.4 cm³/mol. The van der Waals surface area contributed by atoms with Crippen LogP contribution in [0.5, 0.6) is 0 Å². The molecule has 0 radical (unpaired) electrons. The van der Waals surface area contributed by atoms with Crippen LogP contribution in [0.3, 0.4) is 0 Å². The van der Waals surface area contributed by atoms with Crippen molar-refractivity contribution in [2.24, 2.45) is 0 Å². The average molecular weight is 147 g/mol. The van der Waals surface area contributed by atoms with E-state index >= 15 is 0 Å². The van der Waals surface area contributed by atoms with Crippen molar-refractivity contribution in [1.29, 1.82) is 0 Å². The van der Waals surface area contributed by atoms with Crippen LogP contribution in [0.25, 0.3) is 0 Å². The molecule has 0 aliphatic rings. The van der Waals surface area contributed by atoms with Crippen LogP contribution in [0, 0.1) is 0 Å². The number of thiazole rings is 1. The molecule has 1 atom stereocenters. The van der Waals surface area contributed by atoms with Crippen molar-refractivity contribution in [3.05, 3.63) is 11.7 Å². The monoisotopic (exact) mass is 147 g/mol. The Hall–Kier alpha value is -0.220. The molecule has 0 fully saturated rings. The molecule has 1 aromatic heterocycles. The molecular weight excluding hydrogens is 142 g/mol. The van der Waals surface area contributed by atoms with Crippen LogP contribution < -0.4 is 0 Å². The second kappa shape index (κ2) is 2.37. The van der Waals surface area contributed by atoms with Gasteiger partial charge in [0.05, 0.1) is 22.5 Å². The molecule has 1 unspecified atom stereocenters. The molecule has 8 heavy (non-hydrogen) atoms. The lowest BCUT2D eigenvalue weighted by molar-refractivity contribution is 0.688. The van der Waals surface area contributed by atoms with E-state index in [1.54, 1.807) is 18.0 Å². The molecule has 1 aromatic rings. The fourth-order valence-corrected chi connectivity index (χ4v) is 1.57. The SMILES string of the molecule is CS(=O)c1cncs1. The van der Waals surface area contributed by atoms with E-state index in [9.17, 15) is 4.21 Å². The van der Waals surface area contributed by atoms with E-state index in [4.69, 9.17) is 0 Å². The summed E-state index contributed by atoms with van der Waals surface area (Å²) in [5.74, 6) is 0. The second-order valence-corrected chi connectivity index (χ2v) is 3.77. The van der Waals surface area contributed by atoms with Gasteiger partial charge in [0.25, 0.3) is 0 Å². The van der Waals surface area contributed by atoms with Crippen molar-refractivity contribution in [2.45, 2.75) is 4.21 Å². The van der Waals surface area contributed by atoms with Crippen LogP contribution in [-0.2, 0) is 10.8 Å². The molecule has 0 aromatic carbocycles. The van der Waals surface area contributed by atoms with Gasteiger partial charge < -0.3 is 0 Å². The molecule has 0 saturated heterocycles. The third-order valence-corrected chi connectivity index (χ3v) is 2.92. The highest BCUT2D eigenvalue weighted by molar-refractivity contribution is 7.86. The first-order valence-electron chi connectivity index (χ1n) is 2.02. The fraction of sp³-hybridized carbons (Fsp3) is 0.250. The topological polar surface area (TPSA) is 30.0 Å². The van der Waals surface area contributed by atoms with Crippen molar-refractivity contribution < 1.29 is 4.21 Å². The third kappa shape index (κ3) is 1.14. The minimum Gasteiger partial charge on any atom is -0.254 e. The van der Waals surface area contributed by atoms with E-state index in [1.807, 2.05) is 0 Å². The zero-order chi connectivity index (χ0) is 5.98. The van der Waals surface area contributed by atoms with Crippen LogP contribution in [0.15, 0.2) is 15.9 Å². The maximum atomic E-state index is 10.6. The maximum absolute atomic E-state index is 10.6. The molecule has 0 aliphatic carbocycles. The summed E-state index contributed by atoms with van der Waals surface area (Å²) in [4.78, 5) is 3.77. The molecule has 1 rings (SSSR count). The molecule has 0 N–H and O–H groups in total. The van der Waals surface area contributed by atoms with Crippen LogP contribution in [-0.4, -0.2) is 15.4 Å². The van der Waals surface area contributed by atoms with Gasteiger partial charge >= 0.3 is 0 Å². The van der Waals surface area contributed by atoms with E-state index < -0.39 is 10.8 Å². The van der Waals surface area contributed by atoms with Crippen molar-refractivity contribution in [3.8, 4) is 0 Å². The summed E-state index contributed by atoms with van der Waals surface area (Å²) < 4.78 is 11.4. The Labute approximate surface area is 54.0 Å². The highest BCUT2D eigenvalue weighted by atomic mass is 32.2. The Kier molecular flexibility index (Phi) is 1.75. The standard InChI is InChI=1S/C4H5NOS2/c1-8(6)4-2-5-3-7-4/h2-3H,1H3. The maximum Gasteiger partial charge on any atom is 0.111 e. The number of rotatable bonds is 1. The second-order valence-electron chi connectivity index (χ2n) is 1.27. The van der Waals surface area contributed by atoms with Crippen LogP contribution >= 0.6 is 11.3 Å². The zero-order valence-corrected chi connectivity index (χ0v) is 5.96. The van der Waals surface area contributed by atoms with Crippen LogP contribution in [0.2, 0.25) is 0 Å². The Bertz CT molecular complexity index is 182.